The van der Waals surface area contributed by atoms with Crippen molar-refractivity contribution in [3.8, 4) is 0 Å². The quantitative estimate of drug-likeness (QED) is 0.723. The summed E-state index contributed by atoms with van der Waals surface area (Å²) in [6, 6.07) is 0.469. The normalized spacial score (nSPS) is 21.7. The van der Waals surface area contributed by atoms with Gasteiger partial charge in [-0.2, -0.15) is 0 Å². The summed E-state index contributed by atoms with van der Waals surface area (Å²) in [6.45, 7) is 6.99. The van der Waals surface area contributed by atoms with Crippen LogP contribution in [0, 0.1) is 5.41 Å². The maximum atomic E-state index is 5.49. The molecule has 1 aliphatic heterocycles. The minimum Gasteiger partial charge on any atom is -0.383 e. The first-order valence-corrected chi connectivity index (χ1v) is 6.55. The van der Waals surface area contributed by atoms with Gasteiger partial charge in [0.2, 0.25) is 0 Å². The minimum atomic E-state index is 0.365. The Morgan fingerprint density at radius 1 is 1.41 bits per heavy atom. The molecule has 102 valence electrons. The van der Waals surface area contributed by atoms with E-state index < -0.39 is 0 Å². The zero-order chi connectivity index (χ0) is 12.7. The van der Waals surface area contributed by atoms with Gasteiger partial charge in [-0.3, -0.25) is 0 Å². The Labute approximate surface area is 106 Å². The highest BCUT2D eigenvalue weighted by atomic mass is 16.5. The first kappa shape index (κ1) is 14.9. The van der Waals surface area contributed by atoms with Gasteiger partial charge in [0.05, 0.1) is 6.61 Å². The smallest absolute Gasteiger partial charge is 0.0615 e. The summed E-state index contributed by atoms with van der Waals surface area (Å²) in [5.41, 5.74) is 0.365. The molecule has 1 rings (SSSR count). The van der Waals surface area contributed by atoms with E-state index in [2.05, 4.69) is 24.2 Å². The zero-order valence-corrected chi connectivity index (χ0v) is 11.8. The van der Waals surface area contributed by atoms with Crippen molar-refractivity contribution in [2.45, 2.75) is 25.8 Å². The summed E-state index contributed by atoms with van der Waals surface area (Å²) >= 11 is 0. The third-order valence-corrected chi connectivity index (χ3v) is 3.85. The minimum absolute atomic E-state index is 0.365. The highest BCUT2D eigenvalue weighted by Gasteiger charge is 2.33. The summed E-state index contributed by atoms with van der Waals surface area (Å²) in [7, 11) is 5.99. The predicted molar refractivity (Wildman–Crippen MR) is 70.4 cm³/mol. The number of rotatable bonds is 7. The van der Waals surface area contributed by atoms with Crippen molar-refractivity contribution in [1.82, 2.24) is 10.2 Å². The number of ether oxygens (including phenoxy) is 2. The third kappa shape index (κ3) is 4.54. The van der Waals surface area contributed by atoms with Crippen LogP contribution in [0.2, 0.25) is 0 Å². The van der Waals surface area contributed by atoms with E-state index >= 15 is 0 Å². The standard InChI is InChI=1S/C13H28N2O2/c1-12(9-16-4)15(3)11-13(10-14-2)5-7-17-8-6-13/h12,14H,5-11H2,1-4H3. The third-order valence-electron chi connectivity index (χ3n) is 3.85. The Morgan fingerprint density at radius 3 is 2.59 bits per heavy atom. The van der Waals surface area contributed by atoms with Crippen LogP contribution in [0.25, 0.3) is 0 Å². The molecule has 0 amide bonds. The van der Waals surface area contributed by atoms with Crippen molar-refractivity contribution < 1.29 is 9.47 Å². The van der Waals surface area contributed by atoms with Crippen molar-refractivity contribution >= 4 is 0 Å². The number of nitrogens with one attached hydrogen (secondary N) is 1. The average Bonchev–Trinajstić information content (AvgIpc) is 2.30. The lowest BCUT2D eigenvalue weighted by atomic mass is 9.79. The summed E-state index contributed by atoms with van der Waals surface area (Å²) in [5, 5.41) is 3.34. The number of nitrogens with zero attached hydrogens (tertiary/aromatic N) is 1. The molecule has 0 aromatic rings. The van der Waals surface area contributed by atoms with Crippen LogP contribution in [0.3, 0.4) is 0 Å². The molecule has 0 aromatic carbocycles. The van der Waals surface area contributed by atoms with Gasteiger partial charge in [-0.1, -0.05) is 0 Å². The van der Waals surface area contributed by atoms with E-state index in [4.69, 9.17) is 9.47 Å². The van der Waals surface area contributed by atoms with Crippen LogP contribution in [0.15, 0.2) is 0 Å². The monoisotopic (exact) mass is 244 g/mol. The SMILES string of the molecule is CNCC1(CN(C)C(C)COC)CCOCC1. The maximum Gasteiger partial charge on any atom is 0.0615 e. The van der Waals surface area contributed by atoms with Crippen LogP contribution < -0.4 is 5.32 Å². The van der Waals surface area contributed by atoms with Gasteiger partial charge in [0.1, 0.15) is 0 Å². The van der Waals surface area contributed by atoms with Crippen molar-refractivity contribution in [3.05, 3.63) is 0 Å². The summed E-state index contributed by atoms with van der Waals surface area (Å²) < 4.78 is 10.7. The lowest BCUT2D eigenvalue weighted by molar-refractivity contribution is -0.0104. The lowest BCUT2D eigenvalue weighted by Crippen LogP contribution is -2.48. The molecule has 1 N–H and O–H groups in total. The maximum absolute atomic E-state index is 5.49. The van der Waals surface area contributed by atoms with Crippen LogP contribution in [0.4, 0.5) is 0 Å². The van der Waals surface area contributed by atoms with Gasteiger partial charge in [-0.25, -0.2) is 0 Å². The van der Waals surface area contributed by atoms with Crippen molar-refractivity contribution in [2.24, 2.45) is 5.41 Å². The Balaban J connectivity index is 2.52. The van der Waals surface area contributed by atoms with E-state index in [-0.39, 0.29) is 0 Å². The van der Waals surface area contributed by atoms with Crippen LogP contribution in [0.1, 0.15) is 19.8 Å². The van der Waals surface area contributed by atoms with E-state index in [1.54, 1.807) is 7.11 Å². The Kier molecular flexibility index (Phi) is 6.41. The van der Waals surface area contributed by atoms with Gasteiger partial charge in [0.25, 0.3) is 0 Å². The van der Waals surface area contributed by atoms with Gasteiger partial charge in [0.15, 0.2) is 0 Å². The van der Waals surface area contributed by atoms with E-state index in [9.17, 15) is 0 Å². The average molecular weight is 244 g/mol. The number of hydrogen-bond acceptors (Lipinski definition) is 4. The largest absolute Gasteiger partial charge is 0.383 e. The van der Waals surface area contributed by atoms with E-state index in [1.165, 1.54) is 0 Å². The molecule has 1 aliphatic rings. The molecule has 17 heavy (non-hydrogen) atoms. The molecule has 0 aromatic heterocycles. The Hall–Kier alpha value is -0.160. The van der Waals surface area contributed by atoms with Crippen LogP contribution in [-0.4, -0.2) is 65.1 Å². The predicted octanol–water partition coefficient (Wildman–Crippen LogP) is 0.969. The van der Waals surface area contributed by atoms with Crippen molar-refractivity contribution in [1.29, 1.82) is 0 Å². The molecular weight excluding hydrogens is 216 g/mol. The molecule has 1 atom stereocenters. The fraction of sp³-hybridized carbons (Fsp3) is 1.00. The second-order valence-corrected chi connectivity index (χ2v) is 5.36. The summed E-state index contributed by atoms with van der Waals surface area (Å²) in [6.07, 6.45) is 2.30. The van der Waals surface area contributed by atoms with Crippen LogP contribution in [-0.2, 0) is 9.47 Å². The molecule has 0 spiro atoms. The first-order valence-electron chi connectivity index (χ1n) is 6.55. The highest BCUT2D eigenvalue weighted by Crippen LogP contribution is 2.31. The van der Waals surface area contributed by atoms with Gasteiger partial charge in [0, 0.05) is 39.5 Å². The van der Waals surface area contributed by atoms with Crippen molar-refractivity contribution in [3.63, 3.8) is 0 Å². The van der Waals surface area contributed by atoms with Crippen molar-refractivity contribution in [2.75, 3.05) is 54.1 Å². The van der Waals surface area contributed by atoms with Gasteiger partial charge < -0.3 is 19.7 Å². The molecule has 1 heterocycles. The molecule has 1 fully saturated rings. The molecule has 1 unspecified atom stereocenters. The second kappa shape index (κ2) is 7.31. The summed E-state index contributed by atoms with van der Waals surface area (Å²) in [4.78, 5) is 2.41. The van der Waals surface area contributed by atoms with Gasteiger partial charge >= 0.3 is 0 Å². The molecule has 0 radical (unpaired) electrons. The Bertz CT molecular complexity index is 200. The molecule has 0 saturated carbocycles. The summed E-state index contributed by atoms with van der Waals surface area (Å²) in [5.74, 6) is 0. The fourth-order valence-corrected chi connectivity index (χ4v) is 2.62. The Morgan fingerprint density at radius 2 is 2.06 bits per heavy atom. The molecule has 0 bridgehead atoms. The zero-order valence-electron chi connectivity index (χ0n) is 11.8. The number of hydrogen-bond donors (Lipinski definition) is 1. The fourth-order valence-electron chi connectivity index (χ4n) is 2.62. The van der Waals surface area contributed by atoms with Gasteiger partial charge in [-0.05, 0) is 39.3 Å². The first-order chi connectivity index (χ1) is 8.13. The molecule has 0 aliphatic carbocycles. The molecule has 4 heteroatoms. The molecular formula is C13H28N2O2. The molecule has 1 saturated heterocycles. The van der Waals surface area contributed by atoms with Crippen LogP contribution >= 0.6 is 0 Å². The number of methoxy groups -OCH3 is 1. The number of likely N-dealkylation sites (N-methyl/N-ethyl adjacent to an activating group) is 1. The second-order valence-electron chi connectivity index (χ2n) is 5.36. The molecule has 4 nitrogen and oxygen atoms in total. The lowest BCUT2D eigenvalue weighted by Gasteiger charge is -2.41. The van der Waals surface area contributed by atoms with E-state index in [0.29, 0.717) is 11.5 Å². The van der Waals surface area contributed by atoms with E-state index in [1.807, 2.05) is 7.05 Å². The van der Waals surface area contributed by atoms with E-state index in [0.717, 1.165) is 45.8 Å². The van der Waals surface area contributed by atoms with Gasteiger partial charge in [-0.15, -0.1) is 0 Å². The van der Waals surface area contributed by atoms with Crippen LogP contribution in [0.5, 0.6) is 0 Å². The highest BCUT2D eigenvalue weighted by molar-refractivity contribution is 4.87. The topological polar surface area (TPSA) is 33.7 Å².